The minimum Gasteiger partial charge on any atom is -0.348 e. The van der Waals surface area contributed by atoms with Gasteiger partial charge in [-0.2, -0.15) is 0 Å². The highest BCUT2D eigenvalue weighted by Crippen LogP contribution is 2.51. The Kier molecular flexibility index (Phi) is 2.98. The van der Waals surface area contributed by atoms with Gasteiger partial charge >= 0.3 is 0 Å². The molecule has 2 N–H and O–H groups in total. The van der Waals surface area contributed by atoms with Gasteiger partial charge in [0.15, 0.2) is 5.69 Å². The van der Waals surface area contributed by atoms with Gasteiger partial charge in [-0.15, -0.1) is 5.10 Å². The maximum atomic E-state index is 12.2. The van der Waals surface area contributed by atoms with Crippen molar-refractivity contribution in [2.75, 3.05) is 13.1 Å². The van der Waals surface area contributed by atoms with Gasteiger partial charge in [-0.1, -0.05) is 5.21 Å². The SMILES string of the molecule is O=C(NC1CC2CC2C1)c1cn(C2CCCNC2)nn1. The van der Waals surface area contributed by atoms with E-state index in [0.29, 0.717) is 17.8 Å². The average molecular weight is 275 g/mol. The normalized spacial score (nSPS) is 35.6. The van der Waals surface area contributed by atoms with Crippen molar-refractivity contribution in [1.82, 2.24) is 25.6 Å². The lowest BCUT2D eigenvalue weighted by Gasteiger charge is -2.22. The molecule has 2 heterocycles. The Labute approximate surface area is 118 Å². The molecule has 1 aromatic heterocycles. The van der Waals surface area contributed by atoms with Crippen LogP contribution in [-0.2, 0) is 0 Å². The third-order valence-corrected chi connectivity index (χ3v) is 4.97. The first-order chi connectivity index (χ1) is 9.79. The number of rotatable bonds is 3. The highest BCUT2D eigenvalue weighted by atomic mass is 16.2. The molecule has 2 aliphatic carbocycles. The monoisotopic (exact) mass is 275 g/mol. The minimum absolute atomic E-state index is 0.0636. The first-order valence-corrected chi connectivity index (χ1v) is 7.73. The van der Waals surface area contributed by atoms with Gasteiger partial charge in [0, 0.05) is 12.6 Å². The number of piperidine rings is 1. The lowest BCUT2D eigenvalue weighted by molar-refractivity contribution is 0.0930. The van der Waals surface area contributed by atoms with Gasteiger partial charge in [-0.3, -0.25) is 4.79 Å². The van der Waals surface area contributed by atoms with Gasteiger partial charge in [0.05, 0.1) is 12.2 Å². The van der Waals surface area contributed by atoms with Crippen molar-refractivity contribution < 1.29 is 4.79 Å². The fourth-order valence-corrected chi connectivity index (χ4v) is 3.71. The molecule has 3 unspecified atom stereocenters. The highest BCUT2D eigenvalue weighted by molar-refractivity contribution is 5.92. The molecular weight excluding hydrogens is 254 g/mol. The molecule has 0 radical (unpaired) electrons. The molecule has 20 heavy (non-hydrogen) atoms. The molecule has 0 bridgehead atoms. The number of hydrogen-bond acceptors (Lipinski definition) is 4. The molecule has 4 rings (SSSR count). The summed E-state index contributed by atoms with van der Waals surface area (Å²) >= 11 is 0. The number of hydrogen-bond donors (Lipinski definition) is 2. The fourth-order valence-electron chi connectivity index (χ4n) is 3.71. The van der Waals surface area contributed by atoms with Crippen LogP contribution in [0.15, 0.2) is 6.20 Å². The molecule has 1 amide bonds. The Balaban J connectivity index is 1.37. The van der Waals surface area contributed by atoms with E-state index in [2.05, 4.69) is 20.9 Å². The Morgan fingerprint density at radius 1 is 1.35 bits per heavy atom. The van der Waals surface area contributed by atoms with E-state index in [9.17, 15) is 4.79 Å². The maximum Gasteiger partial charge on any atom is 0.273 e. The second-order valence-electron chi connectivity index (χ2n) is 6.48. The van der Waals surface area contributed by atoms with Crippen LogP contribution in [0.1, 0.15) is 48.6 Å². The largest absolute Gasteiger partial charge is 0.348 e. The van der Waals surface area contributed by atoms with Crippen molar-refractivity contribution in [2.45, 2.75) is 44.2 Å². The summed E-state index contributed by atoms with van der Waals surface area (Å²) < 4.78 is 1.84. The summed E-state index contributed by atoms with van der Waals surface area (Å²) in [6.45, 7) is 1.99. The summed E-state index contributed by atoms with van der Waals surface area (Å²) in [6, 6.07) is 0.685. The lowest BCUT2D eigenvalue weighted by Crippen LogP contribution is -2.34. The fraction of sp³-hybridized carbons (Fsp3) is 0.786. The molecule has 1 aliphatic heterocycles. The number of aromatic nitrogens is 3. The Morgan fingerprint density at radius 3 is 2.95 bits per heavy atom. The van der Waals surface area contributed by atoms with Crippen LogP contribution in [0.5, 0.6) is 0 Å². The van der Waals surface area contributed by atoms with Gasteiger partial charge in [0.2, 0.25) is 0 Å². The van der Waals surface area contributed by atoms with E-state index < -0.39 is 0 Å². The zero-order valence-corrected chi connectivity index (χ0v) is 11.6. The number of carbonyl (C=O) groups excluding carboxylic acids is 1. The summed E-state index contributed by atoms with van der Waals surface area (Å²) in [5.74, 6) is 1.69. The number of nitrogens with zero attached hydrogens (tertiary/aromatic N) is 3. The van der Waals surface area contributed by atoms with E-state index in [0.717, 1.165) is 50.6 Å². The lowest BCUT2D eigenvalue weighted by atomic mass is 10.1. The van der Waals surface area contributed by atoms with Crippen LogP contribution < -0.4 is 10.6 Å². The Hall–Kier alpha value is -1.43. The van der Waals surface area contributed by atoms with Crippen molar-refractivity contribution in [2.24, 2.45) is 11.8 Å². The number of nitrogens with one attached hydrogen (secondary N) is 2. The van der Waals surface area contributed by atoms with Gasteiger partial charge < -0.3 is 10.6 Å². The summed E-state index contributed by atoms with van der Waals surface area (Å²) in [6.07, 6.45) is 7.72. The average Bonchev–Trinajstić information content (AvgIpc) is 2.93. The summed E-state index contributed by atoms with van der Waals surface area (Å²) in [5.41, 5.74) is 0.455. The van der Waals surface area contributed by atoms with Crippen molar-refractivity contribution in [1.29, 1.82) is 0 Å². The van der Waals surface area contributed by atoms with Crippen LogP contribution in [0.4, 0.5) is 0 Å². The van der Waals surface area contributed by atoms with Crippen molar-refractivity contribution in [3.05, 3.63) is 11.9 Å². The second-order valence-corrected chi connectivity index (χ2v) is 6.48. The third-order valence-electron chi connectivity index (χ3n) is 4.97. The minimum atomic E-state index is -0.0636. The van der Waals surface area contributed by atoms with Crippen molar-refractivity contribution >= 4 is 5.91 Å². The standard InChI is InChI=1S/C14H21N5O/c20-14(16-11-5-9-4-10(9)6-11)13-8-19(18-17-13)12-2-1-3-15-7-12/h8-12,15H,1-7H2,(H,16,20). The smallest absolute Gasteiger partial charge is 0.273 e. The third kappa shape index (κ3) is 2.32. The molecule has 108 valence electrons. The molecule has 3 fully saturated rings. The van der Waals surface area contributed by atoms with E-state index in [1.807, 2.05) is 4.68 Å². The summed E-state index contributed by atoms with van der Waals surface area (Å²) in [4.78, 5) is 12.2. The van der Waals surface area contributed by atoms with E-state index in [-0.39, 0.29) is 5.91 Å². The van der Waals surface area contributed by atoms with Crippen molar-refractivity contribution in [3.8, 4) is 0 Å². The van der Waals surface area contributed by atoms with Crippen LogP contribution in [0, 0.1) is 11.8 Å². The van der Waals surface area contributed by atoms with E-state index >= 15 is 0 Å². The summed E-state index contributed by atoms with van der Waals surface area (Å²) in [5, 5.41) is 14.6. The molecular formula is C14H21N5O. The van der Waals surface area contributed by atoms with Gasteiger partial charge in [0.25, 0.3) is 5.91 Å². The molecule has 3 aliphatic rings. The second kappa shape index (κ2) is 4.84. The van der Waals surface area contributed by atoms with Crippen LogP contribution in [0.3, 0.4) is 0 Å². The molecule has 1 saturated heterocycles. The van der Waals surface area contributed by atoms with Gasteiger partial charge in [0.1, 0.15) is 0 Å². The zero-order chi connectivity index (χ0) is 13.5. The number of carbonyl (C=O) groups is 1. The number of fused-ring (bicyclic) bond motifs is 1. The van der Waals surface area contributed by atoms with E-state index in [4.69, 9.17) is 0 Å². The van der Waals surface area contributed by atoms with Crippen LogP contribution in [0.25, 0.3) is 0 Å². The summed E-state index contributed by atoms with van der Waals surface area (Å²) in [7, 11) is 0. The predicted molar refractivity (Wildman–Crippen MR) is 73.2 cm³/mol. The Bertz CT molecular complexity index is 497. The van der Waals surface area contributed by atoms with Crippen LogP contribution >= 0.6 is 0 Å². The Morgan fingerprint density at radius 2 is 2.20 bits per heavy atom. The van der Waals surface area contributed by atoms with E-state index in [1.165, 1.54) is 6.42 Å². The molecule has 6 nitrogen and oxygen atoms in total. The molecule has 3 atom stereocenters. The maximum absolute atomic E-state index is 12.2. The molecule has 1 aromatic rings. The quantitative estimate of drug-likeness (QED) is 0.853. The van der Waals surface area contributed by atoms with Gasteiger partial charge in [-0.25, -0.2) is 4.68 Å². The first kappa shape index (κ1) is 12.3. The highest BCUT2D eigenvalue weighted by Gasteiger charge is 2.46. The van der Waals surface area contributed by atoms with Crippen LogP contribution in [0.2, 0.25) is 0 Å². The molecule has 2 saturated carbocycles. The molecule has 6 heteroatoms. The van der Waals surface area contributed by atoms with E-state index in [1.54, 1.807) is 6.20 Å². The van der Waals surface area contributed by atoms with Crippen molar-refractivity contribution in [3.63, 3.8) is 0 Å². The number of amides is 1. The van der Waals surface area contributed by atoms with Crippen LogP contribution in [-0.4, -0.2) is 40.0 Å². The molecule has 0 aromatic carbocycles. The topological polar surface area (TPSA) is 71.8 Å². The first-order valence-electron chi connectivity index (χ1n) is 7.73. The van der Waals surface area contributed by atoms with Gasteiger partial charge in [-0.05, 0) is 50.5 Å². The predicted octanol–water partition coefficient (Wildman–Crippen LogP) is 0.731. The zero-order valence-electron chi connectivity index (χ0n) is 11.6. The molecule has 0 spiro atoms.